The number of morpholine rings is 1. The molecule has 0 spiro atoms. The highest BCUT2D eigenvalue weighted by Gasteiger charge is 2.20. The molecule has 0 radical (unpaired) electrons. The number of nitrogens with zero attached hydrogens (tertiary/aromatic N) is 2. The van der Waals surface area contributed by atoms with Crippen LogP contribution in [-0.4, -0.2) is 53.2 Å². The number of aryl methyl sites for hydroxylation is 1. The number of H-pyrrole nitrogens is 1. The van der Waals surface area contributed by atoms with Crippen molar-refractivity contribution >= 4 is 51.9 Å². The third-order valence-electron chi connectivity index (χ3n) is 5.84. The number of fused-ring (bicyclic) bond motifs is 1. The lowest BCUT2D eigenvalue weighted by atomic mass is 10.1. The molecule has 5 rings (SSSR count). The van der Waals surface area contributed by atoms with Crippen LogP contribution in [0.1, 0.15) is 36.9 Å². The predicted molar refractivity (Wildman–Crippen MR) is 135 cm³/mol. The Hall–Kier alpha value is -3.75. The molecule has 0 bridgehead atoms. The van der Waals surface area contributed by atoms with Gasteiger partial charge in [0.1, 0.15) is 0 Å². The smallest absolute Gasteiger partial charge is 0.266 e. The summed E-state index contributed by atoms with van der Waals surface area (Å²) >= 11 is 1.40. The molecule has 1 saturated heterocycles. The van der Waals surface area contributed by atoms with Gasteiger partial charge >= 0.3 is 0 Å². The lowest BCUT2D eigenvalue weighted by molar-refractivity contribution is 0.0303. The fourth-order valence-corrected chi connectivity index (χ4v) is 4.78. The molecular weight excluding hydrogens is 448 g/mol. The molecule has 172 valence electrons. The zero-order valence-corrected chi connectivity index (χ0v) is 19.5. The Morgan fingerprint density at radius 2 is 1.94 bits per heavy atom. The van der Waals surface area contributed by atoms with Crippen LogP contribution < -0.4 is 5.32 Å². The Bertz CT molecular complexity index is 1380. The molecule has 7 nitrogen and oxygen atoms in total. The van der Waals surface area contributed by atoms with E-state index in [1.54, 1.807) is 17.0 Å². The highest BCUT2D eigenvalue weighted by atomic mass is 32.1. The minimum absolute atomic E-state index is 0.0695. The fourth-order valence-electron chi connectivity index (χ4n) is 3.96. The molecule has 34 heavy (non-hydrogen) atoms. The Balaban J connectivity index is 1.48. The summed E-state index contributed by atoms with van der Waals surface area (Å²) in [7, 11) is 0. The number of carbonyl (C=O) groups excluding carboxylic acids is 2. The van der Waals surface area contributed by atoms with Crippen LogP contribution in [0.5, 0.6) is 0 Å². The summed E-state index contributed by atoms with van der Waals surface area (Å²) < 4.78 is 5.36. The average molecular weight is 473 g/mol. The summed E-state index contributed by atoms with van der Waals surface area (Å²) in [4.78, 5) is 28.5. The van der Waals surface area contributed by atoms with Crippen molar-refractivity contribution in [1.29, 1.82) is 0 Å². The maximum Gasteiger partial charge on any atom is 0.266 e. The number of anilines is 1. The van der Waals surface area contributed by atoms with E-state index in [-0.39, 0.29) is 11.8 Å². The lowest BCUT2D eigenvalue weighted by Gasteiger charge is -2.27. The molecular formula is C26H24N4O3S. The van der Waals surface area contributed by atoms with E-state index in [2.05, 4.69) is 15.5 Å². The molecule has 1 fully saturated rings. The van der Waals surface area contributed by atoms with Gasteiger partial charge in [-0.3, -0.25) is 14.7 Å². The van der Waals surface area contributed by atoms with Gasteiger partial charge in [-0.05, 0) is 53.8 Å². The zero-order valence-electron chi connectivity index (χ0n) is 18.7. The van der Waals surface area contributed by atoms with Crippen LogP contribution in [0.25, 0.3) is 23.1 Å². The Morgan fingerprint density at radius 1 is 1.12 bits per heavy atom. The van der Waals surface area contributed by atoms with E-state index in [9.17, 15) is 9.59 Å². The summed E-state index contributed by atoms with van der Waals surface area (Å²) in [6.07, 6.45) is 3.81. The van der Waals surface area contributed by atoms with Gasteiger partial charge in [0, 0.05) is 29.7 Å². The Morgan fingerprint density at radius 3 is 2.74 bits per heavy atom. The highest BCUT2D eigenvalue weighted by Crippen LogP contribution is 2.25. The molecule has 1 aliphatic rings. The molecule has 0 unspecified atom stereocenters. The molecule has 8 heteroatoms. The largest absolute Gasteiger partial charge is 0.378 e. The van der Waals surface area contributed by atoms with Gasteiger partial charge in [-0.25, -0.2) is 0 Å². The first kappa shape index (κ1) is 22.1. The molecule has 0 aliphatic carbocycles. The average Bonchev–Trinajstić information content (AvgIpc) is 3.49. The summed E-state index contributed by atoms with van der Waals surface area (Å²) in [5.74, 6) is -0.261. The number of hydrogen-bond donors (Lipinski definition) is 2. The van der Waals surface area contributed by atoms with Crippen LogP contribution >= 0.6 is 11.3 Å². The third kappa shape index (κ3) is 4.50. The minimum atomic E-state index is -0.191. The van der Waals surface area contributed by atoms with Gasteiger partial charge in [-0.1, -0.05) is 30.3 Å². The second-order valence-electron chi connectivity index (χ2n) is 8.08. The number of ether oxygens (including phenoxy) is 1. The molecule has 2 N–H and O–H groups in total. The van der Waals surface area contributed by atoms with Gasteiger partial charge < -0.3 is 15.0 Å². The van der Waals surface area contributed by atoms with E-state index in [1.165, 1.54) is 11.3 Å². The van der Waals surface area contributed by atoms with Gasteiger partial charge in [0.15, 0.2) is 0 Å². The summed E-state index contributed by atoms with van der Waals surface area (Å²) in [6, 6.07) is 15.2. The number of aromatic nitrogens is 2. The second kappa shape index (κ2) is 9.62. The number of amides is 2. The van der Waals surface area contributed by atoms with Crippen molar-refractivity contribution in [2.24, 2.45) is 0 Å². The molecule has 0 saturated carbocycles. The lowest BCUT2D eigenvalue weighted by Crippen LogP contribution is -2.40. The number of para-hydroxylation sites is 1. The van der Waals surface area contributed by atoms with Crippen LogP contribution in [0.3, 0.4) is 0 Å². The number of hydrogen-bond acceptors (Lipinski definition) is 5. The normalized spacial score (nSPS) is 14.1. The maximum absolute atomic E-state index is 13.1. The van der Waals surface area contributed by atoms with E-state index in [4.69, 9.17) is 4.74 Å². The quantitative estimate of drug-likeness (QED) is 0.436. The number of rotatable bonds is 5. The molecule has 2 amide bonds. The van der Waals surface area contributed by atoms with Gasteiger partial charge in [-0.2, -0.15) is 5.10 Å². The van der Waals surface area contributed by atoms with Gasteiger partial charge in [-0.15, -0.1) is 11.3 Å². The van der Waals surface area contributed by atoms with E-state index in [0.29, 0.717) is 42.4 Å². The van der Waals surface area contributed by atoms with E-state index in [0.717, 1.165) is 27.7 Å². The topological polar surface area (TPSA) is 87.3 Å². The minimum Gasteiger partial charge on any atom is -0.378 e. The van der Waals surface area contributed by atoms with Gasteiger partial charge in [0.25, 0.3) is 11.8 Å². The van der Waals surface area contributed by atoms with Crippen LogP contribution in [0.4, 0.5) is 5.69 Å². The molecule has 1 aliphatic heterocycles. The fraction of sp³-hybridized carbons (Fsp3) is 0.192. The van der Waals surface area contributed by atoms with Crippen LogP contribution in [0.2, 0.25) is 0 Å². The summed E-state index contributed by atoms with van der Waals surface area (Å²) in [6.45, 7) is 4.09. The van der Waals surface area contributed by atoms with E-state index >= 15 is 0 Å². The van der Waals surface area contributed by atoms with Gasteiger partial charge in [0.05, 0.1) is 29.3 Å². The van der Waals surface area contributed by atoms with Crippen molar-refractivity contribution < 1.29 is 14.3 Å². The maximum atomic E-state index is 13.1. The van der Waals surface area contributed by atoms with Crippen molar-refractivity contribution in [2.45, 2.75) is 6.92 Å². The second-order valence-corrected chi connectivity index (χ2v) is 9.00. The van der Waals surface area contributed by atoms with Crippen molar-refractivity contribution in [3.63, 3.8) is 0 Å². The summed E-state index contributed by atoms with van der Waals surface area (Å²) in [5.41, 5.74) is 4.57. The van der Waals surface area contributed by atoms with Crippen molar-refractivity contribution in [1.82, 2.24) is 15.1 Å². The van der Waals surface area contributed by atoms with E-state index < -0.39 is 0 Å². The summed E-state index contributed by atoms with van der Waals surface area (Å²) in [5, 5.41) is 13.3. The number of benzene rings is 2. The Labute approximate surface area is 201 Å². The van der Waals surface area contributed by atoms with Crippen molar-refractivity contribution in [3.8, 4) is 0 Å². The SMILES string of the molecule is Cc1ccsc1C(=O)Nc1cc(C(=O)N2CCOCC2)ccc1C=Cc1n[nH]c2ccccc12. The molecule has 0 atom stereocenters. The monoisotopic (exact) mass is 472 g/mol. The van der Waals surface area contributed by atoms with Crippen LogP contribution in [-0.2, 0) is 4.74 Å². The zero-order chi connectivity index (χ0) is 23.5. The first-order valence-electron chi connectivity index (χ1n) is 11.1. The van der Waals surface area contributed by atoms with Crippen LogP contribution in [0, 0.1) is 6.92 Å². The van der Waals surface area contributed by atoms with Crippen molar-refractivity contribution in [2.75, 3.05) is 31.6 Å². The van der Waals surface area contributed by atoms with E-state index in [1.807, 2.05) is 60.9 Å². The molecule has 2 aromatic carbocycles. The van der Waals surface area contributed by atoms with Gasteiger partial charge in [0.2, 0.25) is 0 Å². The third-order valence-corrected chi connectivity index (χ3v) is 6.85. The Kier molecular flexibility index (Phi) is 6.24. The highest BCUT2D eigenvalue weighted by molar-refractivity contribution is 7.12. The number of thiophene rings is 1. The van der Waals surface area contributed by atoms with Crippen molar-refractivity contribution in [3.05, 3.63) is 81.2 Å². The predicted octanol–water partition coefficient (Wildman–Crippen LogP) is 4.83. The number of nitrogens with one attached hydrogen (secondary N) is 2. The molecule has 4 aromatic rings. The first-order chi connectivity index (χ1) is 16.6. The van der Waals surface area contributed by atoms with Crippen LogP contribution in [0.15, 0.2) is 53.9 Å². The first-order valence-corrected chi connectivity index (χ1v) is 12.0. The number of carbonyl (C=O) groups is 2. The molecule has 2 aromatic heterocycles. The standard InChI is InChI=1S/C26H24N4O3S/c1-17-10-15-34-24(17)25(31)27-23-16-19(26(32)30-11-13-33-14-12-30)7-6-18(23)8-9-22-20-4-2-3-5-21(20)28-29-22/h2-10,15-16H,11-14H2,1H3,(H,27,31)(H,28,29). The number of aromatic amines is 1. The molecule has 3 heterocycles.